The molecule has 6 nitrogen and oxygen atoms in total. The molecule has 2 heterocycles. The summed E-state index contributed by atoms with van der Waals surface area (Å²) in [6.45, 7) is 0. The van der Waals surface area contributed by atoms with Gasteiger partial charge in [0.1, 0.15) is 12.1 Å². The molecule has 20 heavy (non-hydrogen) atoms. The third kappa shape index (κ3) is 1.25. The number of fused-ring (bicyclic) bond motifs is 1. The number of hydrogen-bond donors (Lipinski definition) is 0. The Morgan fingerprint density at radius 3 is 1.65 bits per heavy atom. The maximum Gasteiger partial charge on any atom is 0.177 e. The molecule has 0 spiro atoms. The van der Waals surface area contributed by atoms with Crippen LogP contribution in [0.2, 0.25) is 0 Å². The van der Waals surface area contributed by atoms with Gasteiger partial charge in [0.15, 0.2) is 11.4 Å². The van der Waals surface area contributed by atoms with Gasteiger partial charge in [0.2, 0.25) is 0 Å². The Hall–Kier alpha value is -2.86. The van der Waals surface area contributed by atoms with Crippen LogP contribution in [0.25, 0.3) is 0 Å². The summed E-state index contributed by atoms with van der Waals surface area (Å²) in [7, 11) is 0. The van der Waals surface area contributed by atoms with Gasteiger partial charge in [0.05, 0.1) is 22.8 Å². The van der Waals surface area contributed by atoms with E-state index in [1.165, 1.54) is 0 Å². The van der Waals surface area contributed by atoms with E-state index in [0.29, 0.717) is 0 Å². The van der Waals surface area contributed by atoms with Crippen molar-refractivity contribution in [2.24, 2.45) is 0 Å². The number of nitriles is 2. The van der Waals surface area contributed by atoms with Crippen LogP contribution in [0.1, 0.15) is 58.8 Å². The zero-order chi connectivity index (χ0) is 13.7. The SMILES string of the molecule is N#Cc1nc2c(nc1C#N)C1CCC2c2nccnc21. The number of hydrogen-bond acceptors (Lipinski definition) is 6. The van der Waals surface area contributed by atoms with Crippen molar-refractivity contribution in [2.75, 3.05) is 0 Å². The fraction of sp³-hybridized carbons (Fsp3) is 0.286. The van der Waals surface area contributed by atoms with E-state index in [0.717, 1.165) is 35.6 Å². The number of nitrogens with zero attached hydrogens (tertiary/aromatic N) is 6. The summed E-state index contributed by atoms with van der Waals surface area (Å²) in [5, 5.41) is 18.2. The van der Waals surface area contributed by atoms with Gasteiger partial charge in [0, 0.05) is 24.2 Å². The molecule has 2 bridgehead atoms. The number of rotatable bonds is 0. The summed E-state index contributed by atoms with van der Waals surface area (Å²) in [5.74, 6) is 0.0945. The summed E-state index contributed by atoms with van der Waals surface area (Å²) in [4.78, 5) is 17.6. The van der Waals surface area contributed by atoms with Gasteiger partial charge in [-0.15, -0.1) is 0 Å². The van der Waals surface area contributed by atoms with Crippen LogP contribution in [0.4, 0.5) is 0 Å². The molecule has 0 saturated carbocycles. The molecule has 0 aromatic carbocycles. The smallest absolute Gasteiger partial charge is 0.177 e. The molecule has 0 N–H and O–H groups in total. The molecule has 0 amide bonds. The second kappa shape index (κ2) is 3.82. The van der Waals surface area contributed by atoms with Crippen molar-refractivity contribution in [3.05, 3.63) is 46.6 Å². The monoisotopic (exact) mass is 260 g/mol. The Balaban J connectivity index is 2.01. The molecule has 5 rings (SSSR count). The molecule has 2 atom stereocenters. The minimum absolute atomic E-state index is 0.0473. The zero-order valence-corrected chi connectivity index (χ0v) is 10.4. The van der Waals surface area contributed by atoms with Gasteiger partial charge in [-0.3, -0.25) is 9.97 Å². The minimum atomic E-state index is 0.0473. The fourth-order valence-electron chi connectivity index (χ4n) is 3.17. The predicted octanol–water partition coefficient (Wildman–Crippen LogP) is 1.38. The first kappa shape index (κ1) is 11.0. The molecule has 6 heteroatoms. The summed E-state index contributed by atoms with van der Waals surface area (Å²) in [5.41, 5.74) is 3.68. The molecule has 2 unspecified atom stereocenters. The van der Waals surface area contributed by atoms with Crippen LogP contribution in [0.15, 0.2) is 12.4 Å². The van der Waals surface area contributed by atoms with E-state index in [-0.39, 0.29) is 23.2 Å². The van der Waals surface area contributed by atoms with Gasteiger partial charge < -0.3 is 0 Å². The van der Waals surface area contributed by atoms with Gasteiger partial charge in [-0.1, -0.05) is 0 Å². The van der Waals surface area contributed by atoms with Crippen LogP contribution in [0.3, 0.4) is 0 Å². The molecular formula is C14H8N6. The standard InChI is InChI=1S/C14H8N6/c15-5-9-10(6-16)20-14-8-2-1-7(13(14)19-9)11-12(8)18-4-3-17-11/h3-4,7-8H,1-2H2. The van der Waals surface area contributed by atoms with Gasteiger partial charge in [-0.25, -0.2) is 9.97 Å². The molecule has 94 valence electrons. The van der Waals surface area contributed by atoms with E-state index >= 15 is 0 Å². The van der Waals surface area contributed by atoms with Crippen LogP contribution in [0, 0.1) is 22.7 Å². The van der Waals surface area contributed by atoms with Crippen molar-refractivity contribution in [3.8, 4) is 12.1 Å². The van der Waals surface area contributed by atoms with Crippen molar-refractivity contribution in [2.45, 2.75) is 24.7 Å². The average Bonchev–Trinajstić information content (AvgIpc) is 2.54. The Kier molecular flexibility index (Phi) is 2.10. The normalized spacial score (nSPS) is 21.5. The van der Waals surface area contributed by atoms with E-state index < -0.39 is 0 Å². The maximum atomic E-state index is 9.08. The van der Waals surface area contributed by atoms with E-state index in [2.05, 4.69) is 19.9 Å². The van der Waals surface area contributed by atoms with Crippen LogP contribution in [-0.4, -0.2) is 19.9 Å². The summed E-state index contributed by atoms with van der Waals surface area (Å²) in [6.07, 6.45) is 5.24. The lowest BCUT2D eigenvalue weighted by Gasteiger charge is -2.36. The Morgan fingerprint density at radius 2 is 1.25 bits per heavy atom. The molecule has 0 aliphatic heterocycles. The summed E-state index contributed by atoms with van der Waals surface area (Å²) < 4.78 is 0. The van der Waals surface area contributed by atoms with E-state index in [4.69, 9.17) is 10.5 Å². The Labute approximate surface area is 114 Å². The topological polar surface area (TPSA) is 99.1 Å². The van der Waals surface area contributed by atoms with Crippen LogP contribution >= 0.6 is 0 Å². The van der Waals surface area contributed by atoms with Gasteiger partial charge in [-0.05, 0) is 12.8 Å². The highest BCUT2D eigenvalue weighted by Crippen LogP contribution is 2.49. The summed E-state index contributed by atoms with van der Waals surface area (Å²) in [6, 6.07) is 3.90. The van der Waals surface area contributed by atoms with E-state index in [1.54, 1.807) is 12.4 Å². The highest BCUT2D eigenvalue weighted by Gasteiger charge is 2.42. The van der Waals surface area contributed by atoms with Crippen LogP contribution < -0.4 is 0 Å². The molecule has 0 fully saturated rings. The van der Waals surface area contributed by atoms with E-state index in [9.17, 15) is 0 Å². The average molecular weight is 260 g/mol. The minimum Gasteiger partial charge on any atom is -0.257 e. The Morgan fingerprint density at radius 1 is 0.800 bits per heavy atom. The molecule has 0 radical (unpaired) electrons. The lowest BCUT2D eigenvalue weighted by atomic mass is 9.71. The van der Waals surface area contributed by atoms with Gasteiger partial charge in [-0.2, -0.15) is 10.5 Å². The maximum absolute atomic E-state index is 9.08. The van der Waals surface area contributed by atoms with E-state index in [1.807, 2.05) is 12.1 Å². The van der Waals surface area contributed by atoms with Crippen LogP contribution in [0.5, 0.6) is 0 Å². The molecule has 3 aliphatic carbocycles. The largest absolute Gasteiger partial charge is 0.257 e. The second-order valence-electron chi connectivity index (χ2n) is 4.92. The molecular weight excluding hydrogens is 252 g/mol. The fourth-order valence-corrected chi connectivity index (χ4v) is 3.17. The molecule has 2 aromatic rings. The quantitative estimate of drug-likeness (QED) is 0.709. The first-order valence-corrected chi connectivity index (χ1v) is 6.36. The lowest BCUT2D eigenvalue weighted by Crippen LogP contribution is -2.29. The first-order valence-electron chi connectivity index (χ1n) is 6.36. The predicted molar refractivity (Wildman–Crippen MR) is 66.4 cm³/mol. The zero-order valence-electron chi connectivity index (χ0n) is 10.4. The summed E-state index contributed by atoms with van der Waals surface area (Å²) >= 11 is 0. The van der Waals surface area contributed by atoms with Gasteiger partial charge >= 0.3 is 0 Å². The van der Waals surface area contributed by atoms with Crippen molar-refractivity contribution in [3.63, 3.8) is 0 Å². The molecule has 3 aliphatic rings. The molecule has 0 saturated heterocycles. The van der Waals surface area contributed by atoms with Crippen molar-refractivity contribution in [1.29, 1.82) is 10.5 Å². The Bertz CT molecular complexity index is 745. The third-order valence-corrected chi connectivity index (χ3v) is 3.98. The van der Waals surface area contributed by atoms with Crippen LogP contribution in [-0.2, 0) is 0 Å². The first-order chi connectivity index (χ1) is 9.83. The lowest BCUT2D eigenvalue weighted by molar-refractivity contribution is 0.471. The molecule has 2 aromatic heterocycles. The third-order valence-electron chi connectivity index (χ3n) is 3.98. The van der Waals surface area contributed by atoms with Gasteiger partial charge in [0.25, 0.3) is 0 Å². The van der Waals surface area contributed by atoms with Crippen molar-refractivity contribution < 1.29 is 0 Å². The highest BCUT2D eigenvalue weighted by molar-refractivity contribution is 5.48. The number of aromatic nitrogens is 4. The highest BCUT2D eigenvalue weighted by atomic mass is 14.9. The second-order valence-corrected chi connectivity index (χ2v) is 4.92. The van der Waals surface area contributed by atoms with Crippen molar-refractivity contribution >= 4 is 0 Å². The van der Waals surface area contributed by atoms with Crippen molar-refractivity contribution in [1.82, 2.24) is 19.9 Å².